The van der Waals surface area contributed by atoms with Crippen LogP contribution in [0.2, 0.25) is 38.8 Å². The highest BCUT2D eigenvalue weighted by Gasteiger charge is 2.88. The summed E-state index contributed by atoms with van der Waals surface area (Å²) in [6.07, 6.45) is 28.0. The fourth-order valence-electron chi connectivity index (χ4n) is 16.0. The van der Waals surface area contributed by atoms with Crippen LogP contribution < -0.4 is 5.19 Å². The zero-order valence-electron chi connectivity index (χ0n) is 42.8. The van der Waals surface area contributed by atoms with Crippen molar-refractivity contribution in [2.75, 3.05) is 13.7 Å². The molecule has 0 unspecified atom stereocenters. The average Bonchev–Trinajstić information content (AvgIpc) is 4.20. The number of carbonyl (C=O) groups is 1. The van der Waals surface area contributed by atoms with E-state index in [1.807, 2.05) is 14.0 Å². The van der Waals surface area contributed by atoms with Gasteiger partial charge in [0.25, 0.3) is 0 Å². The van der Waals surface area contributed by atoms with E-state index >= 15 is 0 Å². The molecule has 1 aromatic carbocycles. The van der Waals surface area contributed by atoms with E-state index in [2.05, 4.69) is 24.3 Å². The van der Waals surface area contributed by atoms with E-state index in [1.54, 1.807) is 5.06 Å². The minimum atomic E-state index is -4.41. The smallest absolute Gasteiger partial charge is 0.465 e. The largest absolute Gasteiger partial charge is 0.515 e. The molecule has 0 amide bonds. The Morgan fingerprint density at radius 1 is 0.444 bits per heavy atom. The molecule has 15 rings (SSSR count). The van der Waals surface area contributed by atoms with Gasteiger partial charge in [-0.25, -0.2) is 0 Å². The van der Waals surface area contributed by atoms with Crippen LogP contribution in [0.3, 0.4) is 0 Å². The van der Waals surface area contributed by atoms with Gasteiger partial charge in [0.1, 0.15) is 12.1 Å². The van der Waals surface area contributed by atoms with Crippen LogP contribution in [0.1, 0.15) is 205 Å². The summed E-state index contributed by atoms with van der Waals surface area (Å²) in [5.74, 6) is -0.276. The number of ether oxygens (including phenoxy) is 1. The highest BCUT2D eigenvalue weighted by molar-refractivity contribution is 7.06. The summed E-state index contributed by atoms with van der Waals surface area (Å²) < 4.78 is 108. The molecule has 7 aliphatic carbocycles. The molecule has 0 aromatic heterocycles. The lowest BCUT2D eigenvalue weighted by Gasteiger charge is -2.66. The van der Waals surface area contributed by atoms with Crippen molar-refractivity contribution in [2.45, 2.75) is 244 Å². The summed E-state index contributed by atoms with van der Waals surface area (Å²) in [7, 11) is -31.1. The first-order valence-electron chi connectivity index (χ1n) is 29.1. The quantitative estimate of drug-likeness (QED) is 0.153. The van der Waals surface area contributed by atoms with Crippen molar-refractivity contribution in [2.24, 2.45) is 0 Å². The number of hydrogen-bond donors (Lipinski definition) is 0. The Morgan fingerprint density at radius 2 is 0.708 bits per heavy atom. The molecule has 16 nitrogen and oxygen atoms in total. The van der Waals surface area contributed by atoms with E-state index in [9.17, 15) is 4.79 Å². The normalized spacial score (nSPS) is 45.9. The number of esters is 1. The van der Waals surface area contributed by atoms with Gasteiger partial charge in [0.2, 0.25) is 0 Å². The molecule has 24 heteroatoms. The second kappa shape index (κ2) is 19.0. The van der Waals surface area contributed by atoms with Crippen molar-refractivity contribution in [3.63, 3.8) is 0 Å². The van der Waals surface area contributed by atoms with Crippen molar-refractivity contribution in [1.82, 2.24) is 5.06 Å². The zero-order chi connectivity index (χ0) is 48.4. The molecule has 1 aromatic rings. The molecule has 0 N–H and O–H groups in total. The van der Waals surface area contributed by atoms with Crippen molar-refractivity contribution in [3.8, 4) is 0 Å². The molecule has 0 spiro atoms. The predicted octanol–water partition coefficient (Wildman–Crippen LogP) is 10.5. The van der Waals surface area contributed by atoms with Crippen LogP contribution in [0.15, 0.2) is 24.3 Å². The molecule has 398 valence electrons. The lowest BCUT2D eigenvalue weighted by molar-refractivity contribution is -0.172. The first-order valence-corrected chi connectivity index (χ1v) is 43.5. The maximum Gasteiger partial charge on any atom is 0.515 e. The minimum Gasteiger partial charge on any atom is -0.465 e. The van der Waals surface area contributed by atoms with Gasteiger partial charge in [-0.1, -0.05) is 114 Å². The maximum atomic E-state index is 13.1. The third-order valence-electron chi connectivity index (χ3n) is 19.7. The lowest BCUT2D eigenvalue weighted by atomic mass is 10.0. The van der Waals surface area contributed by atoms with Gasteiger partial charge in [-0.3, -0.25) is 9.63 Å². The fraction of sp³-hybridized carbons (Fsp3) is 0.854. The van der Waals surface area contributed by atoms with Crippen LogP contribution in [-0.2, 0) is 63.8 Å². The first-order chi connectivity index (χ1) is 35.0. The molecule has 14 fully saturated rings. The second-order valence-electron chi connectivity index (χ2n) is 24.1. The Balaban J connectivity index is 1.04. The number of rotatable bonds is 11. The molecule has 7 saturated heterocycles. The summed E-state index contributed by atoms with van der Waals surface area (Å²) in [5.41, 5.74) is 0.798. The Hall–Kier alpha value is -0.135. The molecule has 7 saturated carbocycles. The van der Waals surface area contributed by atoms with Gasteiger partial charge >= 0.3 is 76.4 Å². The maximum absolute atomic E-state index is 13.1. The Morgan fingerprint density at radius 3 is 0.972 bits per heavy atom. The van der Waals surface area contributed by atoms with Crippen LogP contribution in [0, 0.1) is 0 Å². The molecular weight excluding hydrogens is 1060 g/mol. The van der Waals surface area contributed by atoms with Gasteiger partial charge in [-0.05, 0) is 102 Å². The van der Waals surface area contributed by atoms with Gasteiger partial charge in [0.05, 0.1) is 6.61 Å². The van der Waals surface area contributed by atoms with Gasteiger partial charge in [-0.2, -0.15) is 5.06 Å². The molecule has 8 bridgehead atoms. The van der Waals surface area contributed by atoms with Crippen LogP contribution in [0.4, 0.5) is 0 Å². The van der Waals surface area contributed by atoms with Gasteiger partial charge in [0, 0.05) is 57.4 Å². The number of likely N-dealkylation sites (N-methyl/N-ethyl adjacent to an activating group) is 1. The Bertz CT molecular complexity index is 1990. The minimum absolute atomic E-state index is 0.00255. The zero-order valence-corrected chi connectivity index (χ0v) is 50.8. The average molecular weight is 1130 g/mol. The summed E-state index contributed by atoms with van der Waals surface area (Å²) in [4.78, 5) is 19.5. The monoisotopic (exact) mass is 1130 g/mol. The molecule has 7 heterocycles. The van der Waals surface area contributed by atoms with E-state index < -0.39 is 76.5 Å². The standard InChI is InChI=1S/C48H79NO15Si8/c1-3-51-48(50)46-36-47(52-49(46)2)37-32-34-45(35-33-37)72-62-69(42-26-12-13-27-42)56-66(39-20-6-7-21-39)53-65(38-18-4-5-19-38)54-67(58-69,40-22-8-9-23-40)60-71(64-72,44-30-16-17-31-44)61-68(55-65,41-24-10-11-25-41)59-70(57-66,63-72)43-28-14-15-29-43/h32-35,38-44,46-47H,3-31,36H2,1-2H3/t46-,47+,65?,66?,67?,68?,69?,70?,71?,72?/m1/s1. The van der Waals surface area contributed by atoms with Crippen molar-refractivity contribution in [1.29, 1.82) is 0 Å². The predicted molar refractivity (Wildman–Crippen MR) is 277 cm³/mol. The Kier molecular flexibility index (Phi) is 13.2. The fourth-order valence-corrected chi connectivity index (χ4v) is 71.5. The van der Waals surface area contributed by atoms with Crippen LogP contribution in [0.5, 0.6) is 0 Å². The number of benzene rings is 1. The van der Waals surface area contributed by atoms with E-state index in [1.165, 1.54) is 0 Å². The first kappa shape index (κ1) is 50.1. The summed E-state index contributed by atoms with van der Waals surface area (Å²) in [6, 6.07) is 7.98. The molecule has 2 atom stereocenters. The number of hydrogen-bond acceptors (Lipinski definition) is 16. The molecule has 7 aliphatic heterocycles. The number of nitrogens with zero attached hydrogens (tertiary/aromatic N) is 1. The SMILES string of the molecule is CCOC(=O)[C@H]1C[C@@H](c2ccc([Si]34O[Si]5(C6CCCC6)O[Si]6(C7CCCC7)O[Si](C7CCCC7)(O3)O[Si]3(C7CCCC7)O[Si](C7CCCC7)(O4)O[Si](C4CCCC4)(O5)O[Si](C4CCCC4)(O6)O3)cc2)ON1C. The van der Waals surface area contributed by atoms with Gasteiger partial charge < -0.3 is 54.1 Å². The van der Waals surface area contributed by atoms with Crippen LogP contribution in [-0.4, -0.2) is 101 Å². The van der Waals surface area contributed by atoms with E-state index in [4.69, 9.17) is 59.0 Å². The van der Waals surface area contributed by atoms with Crippen molar-refractivity contribution >= 4 is 81.6 Å². The lowest BCUT2D eigenvalue weighted by Crippen LogP contribution is -2.91. The van der Waals surface area contributed by atoms with Crippen molar-refractivity contribution in [3.05, 3.63) is 29.8 Å². The molecular formula is C48H79NO15Si8. The highest BCUT2D eigenvalue weighted by Crippen LogP contribution is 2.66. The summed E-state index contributed by atoms with van der Waals surface area (Å²) in [5, 5.41) is 2.45. The summed E-state index contributed by atoms with van der Waals surface area (Å²) >= 11 is 0. The van der Waals surface area contributed by atoms with Gasteiger partial charge in [0.15, 0.2) is 0 Å². The van der Waals surface area contributed by atoms with Crippen LogP contribution in [0.25, 0.3) is 0 Å². The number of hydroxylamine groups is 2. The van der Waals surface area contributed by atoms with E-state index in [0.717, 1.165) is 191 Å². The van der Waals surface area contributed by atoms with E-state index in [-0.39, 0.29) is 50.9 Å². The Labute approximate surface area is 435 Å². The number of carbonyl (C=O) groups excluding carboxylic acids is 1. The van der Waals surface area contributed by atoms with Crippen LogP contribution >= 0.6 is 0 Å². The third kappa shape index (κ3) is 8.13. The summed E-state index contributed by atoms with van der Waals surface area (Å²) in [6.45, 7) is 2.16. The van der Waals surface area contributed by atoms with Crippen molar-refractivity contribution < 1.29 is 63.8 Å². The van der Waals surface area contributed by atoms with E-state index in [0.29, 0.717) is 13.0 Å². The topological polar surface area (TPSA) is 150 Å². The third-order valence-corrected chi connectivity index (χ3v) is 58.9. The highest BCUT2D eigenvalue weighted by atomic mass is 28.6. The van der Waals surface area contributed by atoms with Gasteiger partial charge in [-0.15, -0.1) is 0 Å². The molecule has 0 radical (unpaired) electrons. The molecule has 72 heavy (non-hydrogen) atoms. The molecule has 14 aliphatic rings. The second-order valence-corrected chi connectivity index (χ2v) is 49.8.